The zero-order valence-corrected chi connectivity index (χ0v) is 31.6. The zero-order valence-electron chi connectivity index (χ0n) is 31.6. The topological polar surface area (TPSA) is 91.6 Å². The van der Waals surface area contributed by atoms with Gasteiger partial charge in [-0.15, -0.1) is 0 Å². The molecule has 7 nitrogen and oxygen atoms in total. The lowest BCUT2D eigenvalue weighted by molar-refractivity contribution is -0.139. The second-order valence-corrected chi connectivity index (χ2v) is 16.3. The van der Waals surface area contributed by atoms with Gasteiger partial charge in [0.05, 0.1) is 18.0 Å². The van der Waals surface area contributed by atoms with E-state index in [0.717, 1.165) is 63.4 Å². The molecule has 0 radical (unpaired) electrons. The normalized spacial score (nSPS) is 19.8. The molecule has 54 heavy (non-hydrogen) atoms. The molecule has 12 heteroatoms. The smallest absolute Gasteiger partial charge is 0.416 e. The number of pyridine rings is 1. The van der Waals surface area contributed by atoms with Crippen molar-refractivity contribution < 1.29 is 36.6 Å². The highest BCUT2D eigenvalue weighted by Crippen LogP contribution is 2.49. The highest BCUT2D eigenvalue weighted by atomic mass is 19.4. The summed E-state index contributed by atoms with van der Waals surface area (Å²) in [6.45, 7) is 10.7. The molecule has 6 rings (SSSR count). The number of amides is 1. The Morgan fingerprint density at radius 2 is 1.65 bits per heavy atom. The molecule has 3 atom stereocenters. The fourth-order valence-corrected chi connectivity index (χ4v) is 8.83. The van der Waals surface area contributed by atoms with Crippen molar-refractivity contribution in [3.63, 3.8) is 0 Å². The van der Waals surface area contributed by atoms with E-state index in [9.17, 15) is 41.4 Å². The van der Waals surface area contributed by atoms with Crippen LogP contribution in [0.2, 0.25) is 0 Å². The Bertz CT molecular complexity index is 1960. The SMILES string of the molecule is Cc1cc(C)c(-c2cc([C@H](CC(=O)O)NC(=O)[C@H](CC(C)C)n3cc(C4CCN(CC5CC5(F)F)CC4)c(C(F)(F)F)cc3=O)cc3c2CCC3)c(C)c1. The first-order valence-corrected chi connectivity index (χ1v) is 19.0. The van der Waals surface area contributed by atoms with Gasteiger partial charge in [0.15, 0.2) is 0 Å². The van der Waals surface area contributed by atoms with Gasteiger partial charge < -0.3 is 19.9 Å². The summed E-state index contributed by atoms with van der Waals surface area (Å²) in [5, 5.41) is 12.9. The number of carboxylic acid groups (broad SMARTS) is 1. The largest absolute Gasteiger partial charge is 0.481 e. The number of halogens is 5. The Kier molecular flexibility index (Phi) is 11.2. The zero-order chi connectivity index (χ0) is 39.3. The van der Waals surface area contributed by atoms with E-state index in [1.54, 1.807) is 0 Å². The average Bonchev–Trinajstić information content (AvgIpc) is 3.41. The first-order valence-electron chi connectivity index (χ1n) is 19.0. The Morgan fingerprint density at radius 1 is 1.00 bits per heavy atom. The second-order valence-electron chi connectivity index (χ2n) is 16.3. The predicted molar refractivity (Wildman–Crippen MR) is 197 cm³/mol. The second kappa shape index (κ2) is 15.2. The van der Waals surface area contributed by atoms with Crippen molar-refractivity contribution >= 4 is 11.9 Å². The molecule has 2 aliphatic carbocycles. The summed E-state index contributed by atoms with van der Waals surface area (Å²) < 4.78 is 71.6. The molecule has 0 spiro atoms. The highest BCUT2D eigenvalue weighted by Gasteiger charge is 2.57. The monoisotopic (exact) mass is 755 g/mol. The molecule has 1 unspecified atom stereocenters. The summed E-state index contributed by atoms with van der Waals surface area (Å²) in [6.07, 6.45) is -0.996. The maximum atomic E-state index is 14.5. The number of hydrogen-bond acceptors (Lipinski definition) is 4. The van der Waals surface area contributed by atoms with Crippen molar-refractivity contribution in [2.45, 2.75) is 116 Å². The number of hydrogen-bond donors (Lipinski definition) is 2. The number of nitrogens with zero attached hydrogens (tertiary/aromatic N) is 2. The van der Waals surface area contributed by atoms with Crippen molar-refractivity contribution in [1.82, 2.24) is 14.8 Å². The minimum atomic E-state index is -4.83. The number of carboxylic acids is 1. The third kappa shape index (κ3) is 8.58. The number of benzene rings is 2. The molecule has 292 valence electrons. The summed E-state index contributed by atoms with van der Waals surface area (Å²) in [4.78, 5) is 42.0. The van der Waals surface area contributed by atoms with Gasteiger partial charge in [0.2, 0.25) is 5.91 Å². The van der Waals surface area contributed by atoms with Crippen molar-refractivity contribution in [3.8, 4) is 11.1 Å². The maximum Gasteiger partial charge on any atom is 0.416 e. The minimum Gasteiger partial charge on any atom is -0.481 e. The lowest BCUT2D eigenvalue weighted by Crippen LogP contribution is -2.41. The fourth-order valence-electron chi connectivity index (χ4n) is 8.83. The summed E-state index contributed by atoms with van der Waals surface area (Å²) in [7, 11) is 0. The molecule has 2 N–H and O–H groups in total. The van der Waals surface area contributed by atoms with Crippen LogP contribution in [0.4, 0.5) is 22.0 Å². The number of aliphatic carboxylic acids is 1. The Balaban J connectivity index is 1.34. The van der Waals surface area contributed by atoms with Crippen LogP contribution in [0.25, 0.3) is 11.1 Å². The van der Waals surface area contributed by atoms with Gasteiger partial charge in [-0.05, 0) is 135 Å². The van der Waals surface area contributed by atoms with Gasteiger partial charge in [-0.2, -0.15) is 13.2 Å². The number of aromatic nitrogens is 1. The standard InChI is InChI=1S/C42H50F5N3O4/c1-23(2)13-36(50-22-33(34(18-37(50)51)42(45,46)47)27-9-11-49(12-10-27)21-30-20-41(30,43)44)40(54)48-35(19-38(52)53)29-16-28-7-6-8-31(28)32(17-29)39-25(4)14-24(3)15-26(39)5/h14-18,22-23,27,30,35-36H,6-13,19-21H2,1-5H3,(H,48,54)(H,52,53)/t30?,35-,36-/m0/s1. The molecule has 1 aromatic heterocycles. The van der Waals surface area contributed by atoms with Crippen LogP contribution < -0.4 is 10.9 Å². The van der Waals surface area contributed by atoms with E-state index in [1.165, 1.54) is 5.56 Å². The van der Waals surface area contributed by atoms with E-state index >= 15 is 0 Å². The van der Waals surface area contributed by atoms with Crippen molar-refractivity contribution in [3.05, 3.63) is 91.4 Å². The lowest BCUT2D eigenvalue weighted by atomic mass is 9.86. The molecule has 2 aromatic carbocycles. The number of alkyl halides is 5. The number of likely N-dealkylation sites (tertiary alicyclic amines) is 1. The van der Waals surface area contributed by atoms with E-state index in [0.29, 0.717) is 24.7 Å². The van der Waals surface area contributed by atoms with E-state index in [2.05, 4.69) is 17.4 Å². The average molecular weight is 756 g/mol. The molecule has 3 aliphatic rings. The molecule has 1 saturated heterocycles. The molecule has 1 aliphatic heterocycles. The van der Waals surface area contributed by atoms with Crippen LogP contribution in [-0.2, 0) is 28.6 Å². The first kappa shape index (κ1) is 39.6. The van der Waals surface area contributed by atoms with Crippen LogP contribution in [0.1, 0.15) is 115 Å². The maximum absolute atomic E-state index is 14.5. The Labute approximate surface area is 312 Å². The number of nitrogens with one attached hydrogen (secondary N) is 1. The van der Waals surface area contributed by atoms with Crippen LogP contribution in [0.15, 0.2) is 41.3 Å². The number of aryl methyl sites for hydroxylation is 4. The van der Waals surface area contributed by atoms with E-state index in [-0.39, 0.29) is 43.7 Å². The predicted octanol–water partition coefficient (Wildman–Crippen LogP) is 8.70. The lowest BCUT2D eigenvalue weighted by Gasteiger charge is -2.34. The molecule has 0 bridgehead atoms. The molecule has 1 saturated carbocycles. The molecule has 3 aromatic rings. The van der Waals surface area contributed by atoms with Gasteiger partial charge in [0.25, 0.3) is 11.5 Å². The molecule has 1 amide bonds. The van der Waals surface area contributed by atoms with Crippen molar-refractivity contribution in [2.75, 3.05) is 19.6 Å². The number of carbonyl (C=O) groups is 2. The highest BCUT2D eigenvalue weighted by molar-refractivity contribution is 5.82. The van der Waals surface area contributed by atoms with Gasteiger partial charge in [0.1, 0.15) is 6.04 Å². The van der Waals surface area contributed by atoms with Crippen LogP contribution in [0, 0.1) is 32.6 Å². The number of carbonyl (C=O) groups excluding carboxylic acids is 1. The van der Waals surface area contributed by atoms with Crippen LogP contribution in [0.5, 0.6) is 0 Å². The van der Waals surface area contributed by atoms with Crippen LogP contribution in [0.3, 0.4) is 0 Å². The first-order chi connectivity index (χ1) is 25.3. The van der Waals surface area contributed by atoms with Crippen molar-refractivity contribution in [1.29, 1.82) is 0 Å². The van der Waals surface area contributed by atoms with E-state index in [1.807, 2.05) is 51.7 Å². The van der Waals surface area contributed by atoms with Gasteiger partial charge >= 0.3 is 12.1 Å². The number of rotatable bonds is 12. The summed E-state index contributed by atoms with van der Waals surface area (Å²) in [5.74, 6) is -5.98. The van der Waals surface area contributed by atoms with Gasteiger partial charge in [-0.1, -0.05) is 37.6 Å². The Morgan fingerprint density at radius 3 is 2.22 bits per heavy atom. The molecule has 2 fully saturated rings. The van der Waals surface area contributed by atoms with E-state index < -0.39 is 65.4 Å². The summed E-state index contributed by atoms with van der Waals surface area (Å²) in [5.41, 5.74) is 6.12. The Hall–Kier alpha value is -4.06. The van der Waals surface area contributed by atoms with Gasteiger partial charge in [0, 0.05) is 31.1 Å². The molecular weight excluding hydrogens is 705 g/mol. The fraction of sp³-hybridized carbons (Fsp3) is 0.548. The van der Waals surface area contributed by atoms with Crippen molar-refractivity contribution in [2.24, 2.45) is 11.8 Å². The van der Waals surface area contributed by atoms with Gasteiger partial charge in [-0.25, -0.2) is 8.78 Å². The van der Waals surface area contributed by atoms with Gasteiger partial charge in [-0.3, -0.25) is 14.4 Å². The molecule has 2 heterocycles. The van der Waals surface area contributed by atoms with Crippen LogP contribution >= 0.6 is 0 Å². The van der Waals surface area contributed by atoms with E-state index in [4.69, 9.17) is 0 Å². The minimum absolute atomic E-state index is 0.103. The number of piperidine rings is 1. The summed E-state index contributed by atoms with van der Waals surface area (Å²) >= 11 is 0. The third-order valence-corrected chi connectivity index (χ3v) is 11.5. The van der Waals surface area contributed by atoms with Crippen LogP contribution in [-0.4, -0.2) is 52.0 Å². The molecular formula is C42H50F5N3O4. The summed E-state index contributed by atoms with van der Waals surface area (Å²) in [6, 6.07) is 6.49. The number of fused-ring (bicyclic) bond motifs is 1. The third-order valence-electron chi connectivity index (χ3n) is 11.5. The quantitative estimate of drug-likeness (QED) is 0.181.